The number of piperidine rings is 1. The minimum absolute atomic E-state index is 0.0645. The summed E-state index contributed by atoms with van der Waals surface area (Å²) in [6, 6.07) is 7.04. The highest BCUT2D eigenvalue weighted by molar-refractivity contribution is 7.89. The van der Waals surface area contributed by atoms with Gasteiger partial charge in [-0.1, -0.05) is 26.0 Å². The van der Waals surface area contributed by atoms with Crippen molar-refractivity contribution in [2.75, 3.05) is 6.54 Å². The van der Waals surface area contributed by atoms with Crippen LogP contribution in [0.25, 0.3) is 0 Å². The molecule has 1 aromatic carbocycles. The lowest BCUT2D eigenvalue weighted by atomic mass is 9.97. The van der Waals surface area contributed by atoms with Crippen molar-refractivity contribution in [3.63, 3.8) is 0 Å². The Hall–Kier alpha value is -0.910. The quantitative estimate of drug-likeness (QED) is 0.930. The fraction of sp³-hybridized carbons (Fsp3) is 0.625. The molecule has 1 saturated heterocycles. The number of hydrogen-bond donors (Lipinski definition) is 1. The van der Waals surface area contributed by atoms with E-state index in [9.17, 15) is 8.42 Å². The third-order valence-corrected chi connectivity index (χ3v) is 6.37. The summed E-state index contributed by atoms with van der Waals surface area (Å²) in [6.07, 6.45) is 2.81. The zero-order valence-electron chi connectivity index (χ0n) is 13.1. The summed E-state index contributed by atoms with van der Waals surface area (Å²) in [5.41, 5.74) is 6.91. The van der Waals surface area contributed by atoms with E-state index in [2.05, 4.69) is 6.92 Å². The van der Waals surface area contributed by atoms with Crippen molar-refractivity contribution in [2.24, 2.45) is 11.7 Å². The molecule has 0 aromatic heterocycles. The number of benzene rings is 1. The van der Waals surface area contributed by atoms with Crippen molar-refractivity contribution in [2.45, 2.75) is 57.0 Å². The molecule has 0 saturated carbocycles. The van der Waals surface area contributed by atoms with Gasteiger partial charge in [-0.3, -0.25) is 0 Å². The summed E-state index contributed by atoms with van der Waals surface area (Å²) in [6.45, 7) is 6.71. The molecule has 2 N–H and O–H groups in total. The fourth-order valence-corrected chi connectivity index (χ4v) is 4.70. The summed E-state index contributed by atoms with van der Waals surface area (Å²) < 4.78 is 27.4. The van der Waals surface area contributed by atoms with Gasteiger partial charge in [-0.05, 0) is 49.8 Å². The maximum atomic E-state index is 12.9. The summed E-state index contributed by atoms with van der Waals surface area (Å²) in [4.78, 5) is 0.366. The van der Waals surface area contributed by atoms with Crippen molar-refractivity contribution in [1.82, 2.24) is 4.31 Å². The van der Waals surface area contributed by atoms with E-state index in [0.717, 1.165) is 24.8 Å². The largest absolute Gasteiger partial charge is 0.324 e. The van der Waals surface area contributed by atoms with E-state index in [1.807, 2.05) is 19.9 Å². The van der Waals surface area contributed by atoms with Crippen molar-refractivity contribution in [3.05, 3.63) is 29.8 Å². The first kappa shape index (κ1) is 16.5. The molecule has 1 aliphatic rings. The third-order valence-electron chi connectivity index (χ3n) is 4.39. The molecule has 0 radical (unpaired) electrons. The number of nitrogens with two attached hydrogens (primary N) is 1. The van der Waals surface area contributed by atoms with E-state index in [0.29, 0.717) is 17.4 Å². The van der Waals surface area contributed by atoms with Crippen LogP contribution in [-0.4, -0.2) is 25.3 Å². The molecule has 21 heavy (non-hydrogen) atoms. The molecule has 5 heteroatoms. The predicted octanol–water partition coefficient (Wildman–Crippen LogP) is 2.91. The van der Waals surface area contributed by atoms with Gasteiger partial charge in [0.25, 0.3) is 0 Å². The average molecular weight is 310 g/mol. The fourth-order valence-electron chi connectivity index (χ4n) is 2.86. The number of sulfonamides is 1. The molecular formula is C16H26N2O2S. The number of nitrogens with zero attached hydrogens (tertiary/aromatic N) is 1. The standard InChI is InChI=1S/C16H26N2O2S/c1-4-16(17)14-6-5-7-15(10-14)21(19,20)18-11-12(2)8-9-13(18)3/h5-7,10,12-13,16H,4,8-9,11,17H2,1-3H3. The lowest BCUT2D eigenvalue weighted by Crippen LogP contribution is -2.44. The molecule has 3 unspecified atom stereocenters. The van der Waals surface area contributed by atoms with E-state index in [-0.39, 0.29) is 12.1 Å². The van der Waals surface area contributed by atoms with E-state index < -0.39 is 10.0 Å². The Labute approximate surface area is 128 Å². The van der Waals surface area contributed by atoms with Gasteiger partial charge in [0.15, 0.2) is 0 Å². The highest BCUT2D eigenvalue weighted by atomic mass is 32.2. The summed E-state index contributed by atoms with van der Waals surface area (Å²) in [5, 5.41) is 0. The zero-order valence-corrected chi connectivity index (χ0v) is 13.9. The Bertz CT molecular complexity index is 586. The first-order valence-electron chi connectivity index (χ1n) is 7.73. The Kier molecular flexibility index (Phi) is 5.07. The monoisotopic (exact) mass is 310 g/mol. The maximum Gasteiger partial charge on any atom is 0.243 e. The molecule has 3 atom stereocenters. The Morgan fingerprint density at radius 1 is 1.33 bits per heavy atom. The molecule has 1 fully saturated rings. The topological polar surface area (TPSA) is 63.4 Å². The van der Waals surface area contributed by atoms with Gasteiger partial charge in [0.1, 0.15) is 0 Å². The van der Waals surface area contributed by atoms with Crippen LogP contribution in [0.5, 0.6) is 0 Å². The molecule has 1 aromatic rings. The molecule has 118 valence electrons. The normalized spacial score (nSPS) is 25.7. The first-order valence-corrected chi connectivity index (χ1v) is 9.17. The Balaban J connectivity index is 2.35. The van der Waals surface area contributed by atoms with Crippen LogP contribution in [0.1, 0.15) is 51.6 Å². The lowest BCUT2D eigenvalue weighted by molar-refractivity contribution is 0.218. The van der Waals surface area contributed by atoms with Gasteiger partial charge in [-0.2, -0.15) is 4.31 Å². The molecule has 0 aliphatic carbocycles. The van der Waals surface area contributed by atoms with E-state index >= 15 is 0 Å². The van der Waals surface area contributed by atoms with Crippen LogP contribution in [0, 0.1) is 5.92 Å². The molecule has 4 nitrogen and oxygen atoms in total. The smallest absolute Gasteiger partial charge is 0.243 e. The second kappa shape index (κ2) is 6.46. The minimum Gasteiger partial charge on any atom is -0.324 e. The van der Waals surface area contributed by atoms with Gasteiger partial charge in [0.2, 0.25) is 10.0 Å². The van der Waals surface area contributed by atoms with Gasteiger partial charge in [-0.25, -0.2) is 8.42 Å². The number of rotatable bonds is 4. The van der Waals surface area contributed by atoms with E-state index in [1.165, 1.54) is 0 Å². The van der Waals surface area contributed by atoms with Crippen molar-refractivity contribution in [3.8, 4) is 0 Å². The SMILES string of the molecule is CCC(N)c1cccc(S(=O)(=O)N2CC(C)CCC2C)c1. The first-order chi connectivity index (χ1) is 9.86. The highest BCUT2D eigenvalue weighted by Crippen LogP contribution is 2.29. The Morgan fingerprint density at radius 2 is 2.05 bits per heavy atom. The molecule has 1 aliphatic heterocycles. The van der Waals surface area contributed by atoms with Crippen molar-refractivity contribution >= 4 is 10.0 Å². The van der Waals surface area contributed by atoms with Crippen LogP contribution in [-0.2, 0) is 10.0 Å². The van der Waals surface area contributed by atoms with Gasteiger partial charge in [0, 0.05) is 18.6 Å². The van der Waals surface area contributed by atoms with Crippen LogP contribution >= 0.6 is 0 Å². The van der Waals surface area contributed by atoms with Gasteiger partial charge >= 0.3 is 0 Å². The molecule has 2 rings (SSSR count). The third kappa shape index (κ3) is 3.47. The van der Waals surface area contributed by atoms with Gasteiger partial charge in [-0.15, -0.1) is 0 Å². The molecule has 0 bridgehead atoms. The number of hydrogen-bond acceptors (Lipinski definition) is 3. The van der Waals surface area contributed by atoms with Crippen LogP contribution in [0.3, 0.4) is 0 Å². The van der Waals surface area contributed by atoms with Crippen LogP contribution < -0.4 is 5.73 Å². The molecule has 1 heterocycles. The van der Waals surface area contributed by atoms with Gasteiger partial charge < -0.3 is 5.73 Å². The molecule has 0 spiro atoms. The second-order valence-corrected chi connectivity index (χ2v) is 8.08. The summed E-state index contributed by atoms with van der Waals surface area (Å²) in [7, 11) is -3.43. The van der Waals surface area contributed by atoms with E-state index in [1.54, 1.807) is 22.5 Å². The Morgan fingerprint density at radius 3 is 2.71 bits per heavy atom. The average Bonchev–Trinajstić information content (AvgIpc) is 2.49. The summed E-state index contributed by atoms with van der Waals surface area (Å²) >= 11 is 0. The molecular weight excluding hydrogens is 284 g/mol. The predicted molar refractivity (Wildman–Crippen MR) is 85.4 cm³/mol. The van der Waals surface area contributed by atoms with E-state index in [4.69, 9.17) is 5.73 Å². The van der Waals surface area contributed by atoms with Crippen LogP contribution in [0.15, 0.2) is 29.2 Å². The second-order valence-electron chi connectivity index (χ2n) is 6.19. The van der Waals surface area contributed by atoms with Crippen LogP contribution in [0.2, 0.25) is 0 Å². The highest BCUT2D eigenvalue weighted by Gasteiger charge is 2.33. The minimum atomic E-state index is -3.43. The summed E-state index contributed by atoms with van der Waals surface area (Å²) in [5.74, 6) is 0.414. The zero-order chi connectivity index (χ0) is 15.6. The van der Waals surface area contributed by atoms with Crippen molar-refractivity contribution in [1.29, 1.82) is 0 Å². The molecule has 0 amide bonds. The van der Waals surface area contributed by atoms with Crippen molar-refractivity contribution < 1.29 is 8.42 Å². The van der Waals surface area contributed by atoms with Crippen LogP contribution in [0.4, 0.5) is 0 Å². The maximum absolute atomic E-state index is 12.9. The van der Waals surface area contributed by atoms with Gasteiger partial charge in [0.05, 0.1) is 4.90 Å². The lowest BCUT2D eigenvalue weighted by Gasteiger charge is -2.35.